The Kier molecular flexibility index (Phi) is 6.48. The van der Waals surface area contributed by atoms with Gasteiger partial charge in [-0.15, -0.1) is 11.3 Å². The molecule has 2 rings (SSSR count). The number of aromatic nitrogens is 1. The van der Waals surface area contributed by atoms with E-state index in [9.17, 15) is 13.2 Å². The Morgan fingerprint density at radius 2 is 2.04 bits per heavy atom. The SMILES string of the molecule is CCNC(=NCC1(C)CCCC1)NCCc1nc(C(F)(F)F)cs1. The first-order valence-electron chi connectivity index (χ1n) is 8.36. The Balaban J connectivity index is 1.83. The van der Waals surface area contributed by atoms with E-state index < -0.39 is 11.9 Å². The highest BCUT2D eigenvalue weighted by Gasteiger charge is 2.33. The number of aliphatic imine (C=N–C) groups is 1. The summed E-state index contributed by atoms with van der Waals surface area (Å²) in [6.45, 7) is 6.29. The highest BCUT2D eigenvalue weighted by molar-refractivity contribution is 7.09. The average Bonchev–Trinajstić information content (AvgIpc) is 3.14. The average molecular weight is 362 g/mol. The van der Waals surface area contributed by atoms with E-state index in [1.54, 1.807) is 0 Å². The Morgan fingerprint density at radius 3 is 2.62 bits per heavy atom. The quantitative estimate of drug-likeness (QED) is 0.597. The summed E-state index contributed by atoms with van der Waals surface area (Å²) in [5.41, 5.74) is -0.531. The number of guanidine groups is 1. The fourth-order valence-corrected chi connectivity index (χ4v) is 3.65. The molecule has 4 nitrogen and oxygen atoms in total. The molecule has 0 bridgehead atoms. The number of halogens is 3. The molecule has 0 atom stereocenters. The summed E-state index contributed by atoms with van der Waals surface area (Å²) >= 11 is 1.04. The zero-order valence-electron chi connectivity index (χ0n) is 14.2. The first kappa shape index (κ1) is 19.0. The van der Waals surface area contributed by atoms with Crippen LogP contribution in [0.15, 0.2) is 10.4 Å². The van der Waals surface area contributed by atoms with Crippen molar-refractivity contribution in [2.24, 2.45) is 10.4 Å². The van der Waals surface area contributed by atoms with E-state index in [0.29, 0.717) is 18.0 Å². The van der Waals surface area contributed by atoms with Crippen LogP contribution in [0.3, 0.4) is 0 Å². The van der Waals surface area contributed by atoms with E-state index in [0.717, 1.165) is 35.8 Å². The zero-order valence-corrected chi connectivity index (χ0v) is 15.0. The van der Waals surface area contributed by atoms with Gasteiger partial charge in [-0.25, -0.2) is 4.98 Å². The molecular weight excluding hydrogens is 337 g/mol. The minimum absolute atomic E-state index is 0.277. The number of thiazole rings is 1. The second kappa shape index (κ2) is 8.18. The number of rotatable bonds is 6. The van der Waals surface area contributed by atoms with Crippen LogP contribution in [0.2, 0.25) is 0 Å². The van der Waals surface area contributed by atoms with E-state index in [-0.39, 0.29) is 5.41 Å². The topological polar surface area (TPSA) is 49.3 Å². The number of nitrogens with zero attached hydrogens (tertiary/aromatic N) is 2. The molecule has 136 valence electrons. The van der Waals surface area contributed by atoms with Gasteiger partial charge in [0.2, 0.25) is 0 Å². The van der Waals surface area contributed by atoms with Gasteiger partial charge >= 0.3 is 6.18 Å². The van der Waals surface area contributed by atoms with Crippen LogP contribution in [0.4, 0.5) is 13.2 Å². The van der Waals surface area contributed by atoms with E-state index in [2.05, 4.69) is 27.5 Å². The van der Waals surface area contributed by atoms with E-state index >= 15 is 0 Å². The van der Waals surface area contributed by atoms with Gasteiger partial charge in [-0.3, -0.25) is 4.99 Å². The summed E-state index contributed by atoms with van der Waals surface area (Å²) in [7, 11) is 0. The van der Waals surface area contributed by atoms with E-state index in [1.807, 2.05) is 6.92 Å². The molecule has 0 aliphatic heterocycles. The molecule has 0 amide bonds. The fourth-order valence-electron chi connectivity index (χ4n) is 2.84. The Bertz CT molecular complexity index is 548. The monoisotopic (exact) mass is 362 g/mol. The van der Waals surface area contributed by atoms with Crippen molar-refractivity contribution in [2.45, 2.75) is 52.1 Å². The second-order valence-electron chi connectivity index (χ2n) is 6.51. The predicted molar refractivity (Wildman–Crippen MR) is 91.4 cm³/mol. The van der Waals surface area contributed by atoms with Crippen LogP contribution in [0.5, 0.6) is 0 Å². The number of hydrogen-bond donors (Lipinski definition) is 2. The predicted octanol–water partition coefficient (Wildman–Crippen LogP) is 3.84. The normalized spacial score (nSPS) is 18.0. The summed E-state index contributed by atoms with van der Waals surface area (Å²) < 4.78 is 37.6. The third-order valence-corrected chi connectivity index (χ3v) is 5.16. The van der Waals surface area contributed by atoms with Crippen LogP contribution >= 0.6 is 11.3 Å². The van der Waals surface area contributed by atoms with Gasteiger partial charge in [0, 0.05) is 31.4 Å². The van der Waals surface area contributed by atoms with Gasteiger partial charge in [-0.2, -0.15) is 13.2 Å². The van der Waals surface area contributed by atoms with Crippen molar-refractivity contribution in [2.75, 3.05) is 19.6 Å². The minimum atomic E-state index is -4.37. The molecule has 0 spiro atoms. The fraction of sp³-hybridized carbons (Fsp3) is 0.750. The van der Waals surface area contributed by atoms with Gasteiger partial charge < -0.3 is 10.6 Å². The van der Waals surface area contributed by atoms with Crippen LogP contribution in [-0.4, -0.2) is 30.6 Å². The summed E-state index contributed by atoms with van der Waals surface area (Å²) in [6.07, 6.45) is 1.02. The maximum Gasteiger partial charge on any atom is 0.434 e. The molecule has 2 N–H and O–H groups in total. The third kappa shape index (κ3) is 5.65. The lowest BCUT2D eigenvalue weighted by molar-refractivity contribution is -0.140. The Morgan fingerprint density at radius 1 is 1.33 bits per heavy atom. The number of nitrogens with one attached hydrogen (secondary N) is 2. The number of hydrogen-bond acceptors (Lipinski definition) is 3. The minimum Gasteiger partial charge on any atom is -0.357 e. The Hall–Kier alpha value is -1.31. The van der Waals surface area contributed by atoms with Crippen molar-refractivity contribution in [1.82, 2.24) is 15.6 Å². The van der Waals surface area contributed by atoms with Gasteiger partial charge in [-0.05, 0) is 25.2 Å². The van der Waals surface area contributed by atoms with Crippen LogP contribution in [0.1, 0.15) is 50.2 Å². The molecule has 1 aromatic heterocycles. The summed E-state index contributed by atoms with van der Waals surface area (Å²) in [6, 6.07) is 0. The van der Waals surface area contributed by atoms with Crippen molar-refractivity contribution in [1.29, 1.82) is 0 Å². The standard InChI is InChI=1S/C16H25F3N4S/c1-3-20-14(22-11-15(2)7-4-5-8-15)21-9-6-13-23-12(10-24-13)16(17,18)19/h10H,3-9,11H2,1-2H3,(H2,20,21,22). The van der Waals surface area contributed by atoms with Crippen molar-refractivity contribution in [3.63, 3.8) is 0 Å². The highest BCUT2D eigenvalue weighted by atomic mass is 32.1. The first-order chi connectivity index (χ1) is 11.3. The third-order valence-electron chi connectivity index (χ3n) is 4.25. The lowest BCUT2D eigenvalue weighted by Crippen LogP contribution is -2.39. The van der Waals surface area contributed by atoms with Gasteiger partial charge in [0.25, 0.3) is 0 Å². The molecule has 1 fully saturated rings. The van der Waals surface area contributed by atoms with Crippen LogP contribution in [0, 0.1) is 5.41 Å². The highest BCUT2D eigenvalue weighted by Crippen LogP contribution is 2.37. The van der Waals surface area contributed by atoms with Crippen LogP contribution in [0.25, 0.3) is 0 Å². The second-order valence-corrected chi connectivity index (χ2v) is 7.46. The number of alkyl halides is 3. The lowest BCUT2D eigenvalue weighted by atomic mass is 9.89. The van der Waals surface area contributed by atoms with Crippen LogP contribution in [-0.2, 0) is 12.6 Å². The molecular formula is C16H25F3N4S. The van der Waals surface area contributed by atoms with Gasteiger partial charge in [0.05, 0.1) is 5.01 Å². The lowest BCUT2D eigenvalue weighted by Gasteiger charge is -2.21. The summed E-state index contributed by atoms with van der Waals surface area (Å²) in [4.78, 5) is 8.28. The molecule has 0 aromatic carbocycles. The van der Waals surface area contributed by atoms with Crippen molar-refractivity contribution >= 4 is 17.3 Å². The molecule has 1 saturated carbocycles. The van der Waals surface area contributed by atoms with E-state index in [1.165, 1.54) is 25.7 Å². The van der Waals surface area contributed by atoms with Gasteiger partial charge in [0.15, 0.2) is 11.7 Å². The molecule has 1 heterocycles. The smallest absolute Gasteiger partial charge is 0.357 e. The molecule has 1 aliphatic carbocycles. The maximum absolute atomic E-state index is 12.5. The first-order valence-corrected chi connectivity index (χ1v) is 9.24. The summed E-state index contributed by atoms with van der Waals surface area (Å²) in [5.74, 6) is 0.721. The molecule has 1 aromatic rings. The van der Waals surface area contributed by atoms with Crippen molar-refractivity contribution in [3.05, 3.63) is 16.1 Å². The molecule has 0 saturated heterocycles. The molecule has 24 heavy (non-hydrogen) atoms. The van der Waals surface area contributed by atoms with Gasteiger partial charge in [-0.1, -0.05) is 19.8 Å². The molecule has 8 heteroatoms. The zero-order chi connectivity index (χ0) is 17.6. The van der Waals surface area contributed by atoms with Crippen LogP contribution < -0.4 is 10.6 Å². The Labute approximate surface area is 145 Å². The van der Waals surface area contributed by atoms with Crippen molar-refractivity contribution < 1.29 is 13.2 Å². The maximum atomic E-state index is 12.5. The molecule has 0 unspecified atom stereocenters. The van der Waals surface area contributed by atoms with Gasteiger partial charge in [0.1, 0.15) is 0 Å². The molecule has 0 radical (unpaired) electrons. The largest absolute Gasteiger partial charge is 0.434 e. The molecule has 1 aliphatic rings. The van der Waals surface area contributed by atoms with Crippen molar-refractivity contribution in [3.8, 4) is 0 Å². The van der Waals surface area contributed by atoms with E-state index in [4.69, 9.17) is 0 Å². The summed E-state index contributed by atoms with van der Waals surface area (Å²) in [5, 5.41) is 7.91.